The third-order valence-electron chi connectivity index (χ3n) is 1.22. The first-order valence-electron chi connectivity index (χ1n) is 3.63. The molecule has 0 unspecified atom stereocenters. The van der Waals surface area contributed by atoms with Crippen molar-refractivity contribution in [1.82, 2.24) is 0 Å². The van der Waals surface area contributed by atoms with Crippen LogP contribution in [0.5, 0.6) is 0 Å². The second kappa shape index (κ2) is 7.35. The van der Waals surface area contributed by atoms with Crippen LogP contribution in [0.2, 0.25) is 0 Å². The molecule has 60 valence electrons. The average Bonchev–Trinajstić information content (AvgIpc) is 1.87. The first-order chi connectivity index (χ1) is 4.77. The number of rotatable bonds is 5. The van der Waals surface area contributed by atoms with Crippen molar-refractivity contribution >= 4 is 29.2 Å². The topological polar surface area (TPSA) is 9.23 Å². The van der Waals surface area contributed by atoms with Crippen LogP contribution in [0.1, 0.15) is 32.6 Å². The van der Waals surface area contributed by atoms with Gasteiger partial charge in [-0.15, -0.1) is 0 Å². The molecule has 0 saturated heterocycles. The Bertz CT molecular complexity index is 93.6. The molecule has 0 aliphatic rings. The van der Waals surface area contributed by atoms with Crippen molar-refractivity contribution in [2.45, 2.75) is 32.6 Å². The molecular formula is C7H14OS2. The van der Waals surface area contributed by atoms with E-state index in [1.165, 1.54) is 19.3 Å². The molecule has 10 heavy (non-hydrogen) atoms. The summed E-state index contributed by atoms with van der Waals surface area (Å²) in [5.41, 5.74) is 0. The lowest BCUT2D eigenvalue weighted by Crippen LogP contribution is -1.95. The maximum absolute atomic E-state index is 4.98. The first-order valence-corrected chi connectivity index (χ1v) is 4.48. The highest BCUT2D eigenvalue weighted by Gasteiger charge is 1.89. The highest BCUT2D eigenvalue weighted by atomic mass is 32.1. The van der Waals surface area contributed by atoms with Gasteiger partial charge in [-0.2, -0.15) is 0 Å². The van der Waals surface area contributed by atoms with Crippen molar-refractivity contribution in [2.24, 2.45) is 0 Å². The molecular weight excluding hydrogens is 164 g/mol. The van der Waals surface area contributed by atoms with Crippen LogP contribution in [0, 0.1) is 0 Å². The molecule has 0 aliphatic carbocycles. The highest BCUT2D eigenvalue weighted by molar-refractivity contribution is 8.10. The Hall–Kier alpha value is 0.240. The summed E-state index contributed by atoms with van der Waals surface area (Å²) in [5, 5.41) is 0. The third kappa shape index (κ3) is 8.24. The van der Waals surface area contributed by atoms with Gasteiger partial charge in [-0.3, -0.25) is 0 Å². The fraction of sp³-hybridized carbons (Fsp3) is 0.857. The van der Waals surface area contributed by atoms with E-state index >= 15 is 0 Å². The van der Waals surface area contributed by atoms with Crippen molar-refractivity contribution in [3.8, 4) is 0 Å². The molecule has 0 bridgehead atoms. The Morgan fingerprint density at radius 2 is 2.10 bits per heavy atom. The molecule has 0 rings (SSSR count). The zero-order valence-electron chi connectivity index (χ0n) is 6.30. The minimum Gasteiger partial charge on any atom is -0.479 e. The monoisotopic (exact) mass is 178 g/mol. The molecule has 0 atom stereocenters. The average molecular weight is 178 g/mol. The van der Waals surface area contributed by atoms with E-state index in [0.29, 0.717) is 4.38 Å². The minimum absolute atomic E-state index is 0.358. The van der Waals surface area contributed by atoms with Gasteiger partial charge in [0.1, 0.15) is 0 Å². The lowest BCUT2D eigenvalue weighted by Gasteiger charge is -2.00. The van der Waals surface area contributed by atoms with Gasteiger partial charge >= 0.3 is 0 Å². The molecule has 0 spiro atoms. The lowest BCUT2D eigenvalue weighted by atomic mass is 10.2. The van der Waals surface area contributed by atoms with E-state index in [0.717, 1.165) is 13.0 Å². The zero-order valence-corrected chi connectivity index (χ0v) is 8.01. The predicted molar refractivity (Wildman–Crippen MR) is 51.7 cm³/mol. The van der Waals surface area contributed by atoms with Crippen LogP contribution >= 0.6 is 24.8 Å². The number of thiol groups is 1. The summed E-state index contributed by atoms with van der Waals surface area (Å²) in [6.07, 6.45) is 4.86. The Labute approximate surface area is 73.6 Å². The summed E-state index contributed by atoms with van der Waals surface area (Å²) >= 11 is 8.45. The molecule has 0 N–H and O–H groups in total. The standard InChI is InChI=1S/C7H14OS2/c1-2-3-4-5-6-8-7(9)10/h2-6H2,1H3,(H,9,10). The summed E-state index contributed by atoms with van der Waals surface area (Å²) in [4.78, 5) is 0. The van der Waals surface area contributed by atoms with Crippen molar-refractivity contribution in [2.75, 3.05) is 6.61 Å². The van der Waals surface area contributed by atoms with Crippen molar-refractivity contribution in [3.05, 3.63) is 0 Å². The van der Waals surface area contributed by atoms with E-state index in [-0.39, 0.29) is 0 Å². The highest BCUT2D eigenvalue weighted by Crippen LogP contribution is 1.99. The largest absolute Gasteiger partial charge is 0.479 e. The van der Waals surface area contributed by atoms with E-state index in [1.54, 1.807) is 0 Å². The van der Waals surface area contributed by atoms with E-state index < -0.39 is 0 Å². The van der Waals surface area contributed by atoms with Gasteiger partial charge in [0, 0.05) is 0 Å². The first kappa shape index (κ1) is 10.2. The van der Waals surface area contributed by atoms with Gasteiger partial charge in [0.05, 0.1) is 6.61 Å². The molecule has 0 aromatic carbocycles. The van der Waals surface area contributed by atoms with Crippen molar-refractivity contribution in [1.29, 1.82) is 0 Å². The van der Waals surface area contributed by atoms with Crippen molar-refractivity contribution < 1.29 is 4.74 Å². The second-order valence-corrected chi connectivity index (χ2v) is 3.25. The number of ether oxygens (including phenoxy) is 1. The Morgan fingerprint density at radius 1 is 1.40 bits per heavy atom. The fourth-order valence-electron chi connectivity index (χ4n) is 0.688. The Balaban J connectivity index is 2.84. The fourth-order valence-corrected chi connectivity index (χ4v) is 0.863. The molecule has 0 saturated carbocycles. The second-order valence-electron chi connectivity index (χ2n) is 2.18. The van der Waals surface area contributed by atoms with Gasteiger partial charge in [0.15, 0.2) is 0 Å². The summed E-state index contributed by atoms with van der Waals surface area (Å²) in [6.45, 7) is 2.91. The van der Waals surface area contributed by atoms with Crippen LogP contribution in [0.25, 0.3) is 0 Å². The molecule has 3 heteroatoms. The molecule has 0 aliphatic heterocycles. The van der Waals surface area contributed by atoms with Gasteiger partial charge in [0.2, 0.25) is 4.38 Å². The van der Waals surface area contributed by atoms with Crippen LogP contribution in [0.15, 0.2) is 0 Å². The zero-order chi connectivity index (χ0) is 7.82. The van der Waals surface area contributed by atoms with E-state index in [1.807, 2.05) is 0 Å². The third-order valence-corrected chi connectivity index (χ3v) is 1.47. The predicted octanol–water partition coefficient (Wildman–Crippen LogP) is 2.80. The minimum atomic E-state index is 0.358. The van der Waals surface area contributed by atoms with Crippen LogP contribution in [0.3, 0.4) is 0 Å². The Morgan fingerprint density at radius 3 is 2.60 bits per heavy atom. The van der Waals surface area contributed by atoms with Gasteiger partial charge in [0.25, 0.3) is 0 Å². The number of thiocarbonyl (C=S) groups is 1. The quantitative estimate of drug-likeness (QED) is 0.394. The normalized spacial score (nSPS) is 9.40. The summed E-state index contributed by atoms with van der Waals surface area (Å²) in [6, 6.07) is 0. The molecule has 0 fully saturated rings. The van der Waals surface area contributed by atoms with Gasteiger partial charge in [-0.05, 0) is 18.6 Å². The Kier molecular flexibility index (Phi) is 7.52. The van der Waals surface area contributed by atoms with E-state index in [4.69, 9.17) is 4.74 Å². The van der Waals surface area contributed by atoms with Crippen LogP contribution < -0.4 is 0 Å². The molecule has 0 aromatic heterocycles. The van der Waals surface area contributed by atoms with Gasteiger partial charge in [-0.1, -0.05) is 38.8 Å². The van der Waals surface area contributed by atoms with Gasteiger partial charge in [-0.25, -0.2) is 0 Å². The summed E-state index contributed by atoms with van der Waals surface area (Å²) < 4.78 is 5.34. The molecule has 1 nitrogen and oxygen atoms in total. The summed E-state index contributed by atoms with van der Waals surface area (Å²) in [5.74, 6) is 0. The van der Waals surface area contributed by atoms with Crippen LogP contribution in [-0.4, -0.2) is 11.0 Å². The van der Waals surface area contributed by atoms with Crippen LogP contribution in [0.4, 0.5) is 0 Å². The molecule has 0 heterocycles. The number of hydrogen-bond acceptors (Lipinski definition) is 2. The molecule has 0 aromatic rings. The SMILES string of the molecule is CCCCCCOC(=S)S. The number of unbranched alkanes of at least 4 members (excludes halogenated alkanes) is 3. The van der Waals surface area contributed by atoms with E-state index in [9.17, 15) is 0 Å². The van der Waals surface area contributed by atoms with E-state index in [2.05, 4.69) is 31.8 Å². The molecule has 0 radical (unpaired) electrons. The van der Waals surface area contributed by atoms with Crippen molar-refractivity contribution in [3.63, 3.8) is 0 Å². The summed E-state index contributed by atoms with van der Waals surface area (Å²) in [7, 11) is 0. The number of hydrogen-bond donors (Lipinski definition) is 1. The maximum Gasteiger partial charge on any atom is 0.216 e. The van der Waals surface area contributed by atoms with Gasteiger partial charge < -0.3 is 4.74 Å². The smallest absolute Gasteiger partial charge is 0.216 e. The molecule has 0 amide bonds. The maximum atomic E-state index is 4.98. The van der Waals surface area contributed by atoms with Crippen LogP contribution in [-0.2, 0) is 4.74 Å². The lowest BCUT2D eigenvalue weighted by molar-refractivity contribution is 0.309.